The number of amides is 2. The van der Waals surface area contributed by atoms with Crippen LogP contribution in [0.5, 0.6) is 5.75 Å². The van der Waals surface area contributed by atoms with E-state index in [1.165, 1.54) is 16.3 Å². The summed E-state index contributed by atoms with van der Waals surface area (Å²) >= 11 is 12.2. The molecule has 38 heavy (non-hydrogen) atoms. The minimum atomic E-state index is -3.61. The Morgan fingerprint density at radius 3 is 2.37 bits per heavy atom. The molecule has 0 aromatic heterocycles. The summed E-state index contributed by atoms with van der Waals surface area (Å²) in [5.74, 6) is 0.290. The number of benzene rings is 2. The molecule has 0 radical (unpaired) electrons. The van der Waals surface area contributed by atoms with E-state index in [4.69, 9.17) is 27.9 Å². The van der Waals surface area contributed by atoms with Crippen molar-refractivity contribution in [2.75, 3.05) is 30.8 Å². The van der Waals surface area contributed by atoms with E-state index in [1.54, 1.807) is 42.5 Å². The standard InChI is InChI=1S/C27H37Cl2N3O5S/c1-6-25(27(34)30-17-19(2)3)31(18-20-12-13-23(28)24(29)15-20)26(33)11-8-14-32(38(5,35)36)21-9-7-10-22(16-21)37-4/h7,9-10,12-13,15-16,19,25H,6,8,11,14,17-18H2,1-5H3,(H,30,34). The molecular weight excluding hydrogens is 549 g/mol. The van der Waals surface area contributed by atoms with Gasteiger partial charge in [0.05, 0.1) is 29.1 Å². The Bertz CT molecular complexity index is 1210. The van der Waals surface area contributed by atoms with Gasteiger partial charge in [-0.25, -0.2) is 8.42 Å². The predicted molar refractivity (Wildman–Crippen MR) is 153 cm³/mol. The van der Waals surface area contributed by atoms with Gasteiger partial charge in [-0.15, -0.1) is 0 Å². The molecule has 2 amide bonds. The molecule has 0 heterocycles. The molecule has 0 spiro atoms. The zero-order valence-corrected chi connectivity index (χ0v) is 24.9. The Morgan fingerprint density at radius 1 is 1.08 bits per heavy atom. The van der Waals surface area contributed by atoms with Crippen molar-refractivity contribution in [3.05, 3.63) is 58.1 Å². The van der Waals surface area contributed by atoms with Crippen molar-refractivity contribution >= 4 is 50.7 Å². The summed E-state index contributed by atoms with van der Waals surface area (Å²) in [6.07, 6.45) is 1.84. The van der Waals surface area contributed by atoms with E-state index in [1.807, 2.05) is 20.8 Å². The van der Waals surface area contributed by atoms with Crippen LogP contribution >= 0.6 is 23.2 Å². The molecule has 0 aliphatic carbocycles. The van der Waals surface area contributed by atoms with Gasteiger partial charge in [0.25, 0.3) is 0 Å². The number of nitrogens with zero attached hydrogens (tertiary/aromatic N) is 2. The number of carbonyl (C=O) groups is 2. The lowest BCUT2D eigenvalue weighted by molar-refractivity contribution is -0.141. The summed E-state index contributed by atoms with van der Waals surface area (Å²) in [5.41, 5.74) is 1.18. The molecule has 2 aromatic carbocycles. The van der Waals surface area contributed by atoms with Crippen LogP contribution in [0.4, 0.5) is 5.69 Å². The van der Waals surface area contributed by atoms with E-state index in [2.05, 4.69) is 5.32 Å². The Hall–Kier alpha value is -2.49. The van der Waals surface area contributed by atoms with Crippen LogP contribution in [0.3, 0.4) is 0 Å². The fraction of sp³-hybridized carbons (Fsp3) is 0.481. The van der Waals surface area contributed by atoms with Gasteiger partial charge in [0.15, 0.2) is 0 Å². The number of rotatable bonds is 14. The highest BCUT2D eigenvalue weighted by molar-refractivity contribution is 7.92. The highest BCUT2D eigenvalue weighted by Crippen LogP contribution is 2.26. The molecule has 210 valence electrons. The molecule has 0 bridgehead atoms. The molecule has 0 aliphatic heterocycles. The smallest absolute Gasteiger partial charge is 0.242 e. The van der Waals surface area contributed by atoms with Crippen molar-refractivity contribution in [1.82, 2.24) is 10.2 Å². The second-order valence-electron chi connectivity index (χ2n) is 9.47. The van der Waals surface area contributed by atoms with Crippen molar-refractivity contribution in [3.8, 4) is 5.75 Å². The lowest BCUT2D eigenvalue weighted by Crippen LogP contribution is -2.49. The molecule has 11 heteroatoms. The van der Waals surface area contributed by atoms with Crippen molar-refractivity contribution in [2.24, 2.45) is 5.92 Å². The molecular formula is C27H37Cl2N3O5S. The van der Waals surface area contributed by atoms with E-state index in [0.717, 1.165) is 11.8 Å². The second-order valence-corrected chi connectivity index (χ2v) is 12.2. The van der Waals surface area contributed by atoms with Gasteiger partial charge in [0, 0.05) is 32.1 Å². The third kappa shape index (κ3) is 9.36. The molecule has 1 N–H and O–H groups in total. The molecule has 2 aromatic rings. The topological polar surface area (TPSA) is 96.0 Å². The number of nitrogens with one attached hydrogen (secondary N) is 1. The zero-order chi connectivity index (χ0) is 28.5. The third-order valence-electron chi connectivity index (χ3n) is 5.90. The number of halogens is 2. The van der Waals surface area contributed by atoms with Gasteiger partial charge >= 0.3 is 0 Å². The van der Waals surface area contributed by atoms with Gasteiger partial charge in [-0.3, -0.25) is 13.9 Å². The summed E-state index contributed by atoms with van der Waals surface area (Å²) in [4.78, 5) is 28.1. The summed E-state index contributed by atoms with van der Waals surface area (Å²) in [5, 5.41) is 3.68. The Labute approximate surface area is 236 Å². The van der Waals surface area contributed by atoms with Crippen LogP contribution in [0.1, 0.15) is 45.6 Å². The van der Waals surface area contributed by atoms with Crippen LogP contribution in [0.15, 0.2) is 42.5 Å². The summed E-state index contributed by atoms with van der Waals surface area (Å²) in [7, 11) is -2.10. The zero-order valence-electron chi connectivity index (χ0n) is 22.5. The first kappa shape index (κ1) is 31.7. The normalized spacial score (nSPS) is 12.2. The van der Waals surface area contributed by atoms with E-state index in [9.17, 15) is 18.0 Å². The fourth-order valence-corrected chi connectivity index (χ4v) is 5.22. The van der Waals surface area contributed by atoms with Crippen LogP contribution in [-0.2, 0) is 26.2 Å². The number of hydrogen-bond donors (Lipinski definition) is 1. The van der Waals surface area contributed by atoms with Crippen LogP contribution < -0.4 is 14.4 Å². The Balaban J connectivity index is 2.25. The van der Waals surface area contributed by atoms with Crippen LogP contribution in [-0.4, -0.2) is 57.6 Å². The minimum absolute atomic E-state index is 0.0469. The Kier molecular flexibility index (Phi) is 12.2. The molecule has 1 atom stereocenters. The monoisotopic (exact) mass is 585 g/mol. The lowest BCUT2D eigenvalue weighted by atomic mass is 10.1. The molecule has 1 unspecified atom stereocenters. The average molecular weight is 587 g/mol. The lowest BCUT2D eigenvalue weighted by Gasteiger charge is -2.31. The molecule has 0 saturated heterocycles. The third-order valence-corrected chi connectivity index (χ3v) is 7.83. The molecule has 0 saturated carbocycles. The van der Waals surface area contributed by atoms with Crippen molar-refractivity contribution in [3.63, 3.8) is 0 Å². The van der Waals surface area contributed by atoms with Crippen molar-refractivity contribution in [2.45, 2.75) is 52.6 Å². The highest BCUT2D eigenvalue weighted by Gasteiger charge is 2.29. The maximum absolute atomic E-state index is 13.5. The maximum Gasteiger partial charge on any atom is 0.242 e. The molecule has 2 rings (SSSR count). The minimum Gasteiger partial charge on any atom is -0.497 e. The van der Waals surface area contributed by atoms with Gasteiger partial charge in [-0.2, -0.15) is 0 Å². The predicted octanol–water partition coefficient (Wildman–Crippen LogP) is 5.13. The van der Waals surface area contributed by atoms with Gasteiger partial charge in [-0.05, 0) is 48.6 Å². The Morgan fingerprint density at radius 2 is 1.79 bits per heavy atom. The molecule has 0 aliphatic rings. The van der Waals surface area contributed by atoms with Gasteiger partial charge in [-0.1, -0.05) is 56.1 Å². The largest absolute Gasteiger partial charge is 0.497 e. The molecule has 0 fully saturated rings. The number of methoxy groups -OCH3 is 1. The SMILES string of the molecule is CCC(C(=O)NCC(C)C)N(Cc1ccc(Cl)c(Cl)c1)C(=O)CCCN(c1cccc(OC)c1)S(C)(=O)=O. The van der Waals surface area contributed by atoms with Crippen LogP contribution in [0.2, 0.25) is 10.0 Å². The first-order chi connectivity index (χ1) is 17.9. The summed E-state index contributed by atoms with van der Waals surface area (Å²) in [6.45, 7) is 6.59. The summed E-state index contributed by atoms with van der Waals surface area (Å²) in [6, 6.07) is 11.1. The van der Waals surface area contributed by atoms with E-state index in [-0.39, 0.29) is 43.7 Å². The van der Waals surface area contributed by atoms with E-state index in [0.29, 0.717) is 34.4 Å². The van der Waals surface area contributed by atoms with Crippen molar-refractivity contribution < 1.29 is 22.7 Å². The summed E-state index contributed by atoms with van der Waals surface area (Å²) < 4.78 is 31.5. The van der Waals surface area contributed by atoms with Gasteiger partial charge < -0.3 is 15.0 Å². The van der Waals surface area contributed by atoms with Gasteiger partial charge in [0.1, 0.15) is 11.8 Å². The van der Waals surface area contributed by atoms with E-state index >= 15 is 0 Å². The van der Waals surface area contributed by atoms with Crippen molar-refractivity contribution in [1.29, 1.82) is 0 Å². The number of anilines is 1. The number of carbonyl (C=O) groups excluding carboxylic acids is 2. The number of sulfonamides is 1. The van der Waals surface area contributed by atoms with Gasteiger partial charge in [0.2, 0.25) is 21.8 Å². The fourth-order valence-electron chi connectivity index (χ4n) is 3.95. The molecule has 8 nitrogen and oxygen atoms in total. The van der Waals surface area contributed by atoms with E-state index < -0.39 is 16.1 Å². The first-order valence-corrected chi connectivity index (χ1v) is 15.1. The van der Waals surface area contributed by atoms with Crippen LogP contribution in [0, 0.1) is 5.92 Å². The average Bonchev–Trinajstić information content (AvgIpc) is 2.86. The quantitative estimate of drug-likeness (QED) is 0.331. The number of hydrogen-bond acceptors (Lipinski definition) is 5. The van der Waals surface area contributed by atoms with Crippen LogP contribution in [0.25, 0.3) is 0 Å². The highest BCUT2D eigenvalue weighted by atomic mass is 35.5. The maximum atomic E-state index is 13.5. The number of ether oxygens (including phenoxy) is 1. The second kappa shape index (κ2) is 14.6. The first-order valence-electron chi connectivity index (χ1n) is 12.5.